The van der Waals surface area contributed by atoms with Crippen molar-refractivity contribution in [2.24, 2.45) is 0 Å². The summed E-state index contributed by atoms with van der Waals surface area (Å²) < 4.78 is 0.969. The summed E-state index contributed by atoms with van der Waals surface area (Å²) >= 11 is 7.97. The molecule has 1 atom stereocenters. The highest BCUT2D eigenvalue weighted by atomic mass is 35.5. The molecule has 0 bridgehead atoms. The minimum absolute atomic E-state index is 0.0000854. The van der Waals surface area contributed by atoms with Gasteiger partial charge in [-0.1, -0.05) is 48.0 Å². The Hall–Kier alpha value is -3.41. The molecular weight excluding hydrogens is 476 g/mol. The van der Waals surface area contributed by atoms with Gasteiger partial charge in [-0.05, 0) is 48.6 Å². The lowest BCUT2D eigenvalue weighted by Gasteiger charge is -2.19. The monoisotopic (exact) mass is 498 g/mol. The number of carbonyl (C=O) groups is 1. The van der Waals surface area contributed by atoms with Crippen molar-refractivity contribution in [1.29, 1.82) is 0 Å². The van der Waals surface area contributed by atoms with Gasteiger partial charge in [-0.3, -0.25) is 4.79 Å². The van der Waals surface area contributed by atoms with E-state index in [0.29, 0.717) is 18.0 Å². The fraction of sp³-hybridized carbons (Fsp3) is 0.172. The molecule has 6 rings (SSSR count). The van der Waals surface area contributed by atoms with E-state index >= 15 is 0 Å². The number of anilines is 1. The number of rotatable bonds is 3. The number of nitrogens with zero attached hydrogens (tertiary/aromatic N) is 2. The van der Waals surface area contributed by atoms with E-state index in [1.807, 2.05) is 43.3 Å². The zero-order valence-electron chi connectivity index (χ0n) is 19.4. The van der Waals surface area contributed by atoms with Crippen LogP contribution in [0.4, 0.5) is 5.69 Å². The van der Waals surface area contributed by atoms with E-state index in [0.717, 1.165) is 48.4 Å². The second kappa shape index (κ2) is 8.36. The van der Waals surface area contributed by atoms with Gasteiger partial charge in [0, 0.05) is 40.9 Å². The third kappa shape index (κ3) is 3.58. The molecule has 1 unspecified atom stereocenters. The van der Waals surface area contributed by atoms with E-state index in [2.05, 4.69) is 31.2 Å². The Balaban J connectivity index is 1.42. The number of phenolic OH excluding ortho intramolecular Hbond substituents is 1. The molecule has 0 saturated carbocycles. The first-order chi connectivity index (χ1) is 16.9. The molecule has 0 radical (unpaired) electrons. The fourth-order valence-electron chi connectivity index (χ4n) is 5.05. The molecule has 1 aromatic heterocycles. The number of halogens is 1. The number of carbonyl (C=O) groups excluding carboxylic acids is 1. The largest absolute Gasteiger partial charge is 0.507 e. The molecule has 174 valence electrons. The predicted molar refractivity (Wildman–Crippen MR) is 145 cm³/mol. The highest BCUT2D eigenvalue weighted by molar-refractivity contribution is 7.21. The Morgan fingerprint density at radius 2 is 1.91 bits per heavy atom. The van der Waals surface area contributed by atoms with Gasteiger partial charge in [0.25, 0.3) is 5.91 Å². The SMILES string of the molecule is Cc1ccc(-c2nc3ccc(C(=O)N4CC(CCl)c5c4cc(O)c4cccc(C)c54)cc3s2)cc1. The number of hydrogen-bond donors (Lipinski definition) is 1. The van der Waals surface area contributed by atoms with Crippen LogP contribution in [0.15, 0.2) is 66.7 Å². The summed E-state index contributed by atoms with van der Waals surface area (Å²) in [6, 6.07) is 21.6. The van der Waals surface area contributed by atoms with Gasteiger partial charge in [-0.15, -0.1) is 22.9 Å². The zero-order valence-corrected chi connectivity index (χ0v) is 21.0. The zero-order chi connectivity index (χ0) is 24.3. The molecule has 35 heavy (non-hydrogen) atoms. The number of benzene rings is 4. The molecule has 0 aliphatic carbocycles. The quantitative estimate of drug-likeness (QED) is 0.263. The van der Waals surface area contributed by atoms with Crippen LogP contribution < -0.4 is 4.90 Å². The van der Waals surface area contributed by atoms with Gasteiger partial charge < -0.3 is 10.0 Å². The molecule has 1 N–H and O–H groups in total. The molecule has 0 spiro atoms. The van der Waals surface area contributed by atoms with E-state index in [4.69, 9.17) is 16.6 Å². The molecule has 0 fully saturated rings. The first-order valence-electron chi connectivity index (χ1n) is 11.5. The smallest absolute Gasteiger partial charge is 0.258 e. The highest BCUT2D eigenvalue weighted by Gasteiger charge is 2.35. The van der Waals surface area contributed by atoms with Crippen LogP contribution in [0.5, 0.6) is 5.75 Å². The summed E-state index contributed by atoms with van der Waals surface area (Å²) in [5.41, 5.74) is 6.60. The number of aryl methyl sites for hydroxylation is 2. The summed E-state index contributed by atoms with van der Waals surface area (Å²) in [5.74, 6) is 0.480. The Morgan fingerprint density at radius 3 is 2.69 bits per heavy atom. The van der Waals surface area contributed by atoms with Gasteiger partial charge in [-0.25, -0.2) is 4.98 Å². The van der Waals surface area contributed by atoms with Crippen LogP contribution in [-0.2, 0) is 0 Å². The fourth-order valence-corrected chi connectivity index (χ4v) is 6.31. The van der Waals surface area contributed by atoms with E-state index in [-0.39, 0.29) is 17.6 Å². The topological polar surface area (TPSA) is 53.4 Å². The van der Waals surface area contributed by atoms with Crippen LogP contribution in [-0.4, -0.2) is 28.4 Å². The molecule has 4 nitrogen and oxygen atoms in total. The maximum atomic E-state index is 13.7. The van der Waals surface area contributed by atoms with E-state index in [1.54, 1.807) is 22.3 Å². The maximum absolute atomic E-state index is 13.7. The van der Waals surface area contributed by atoms with Gasteiger partial charge in [0.1, 0.15) is 10.8 Å². The molecule has 6 heteroatoms. The lowest BCUT2D eigenvalue weighted by atomic mass is 9.92. The van der Waals surface area contributed by atoms with Crippen molar-refractivity contribution in [3.63, 3.8) is 0 Å². The van der Waals surface area contributed by atoms with Crippen LogP contribution in [0, 0.1) is 13.8 Å². The van der Waals surface area contributed by atoms with Gasteiger partial charge in [0.15, 0.2) is 0 Å². The average Bonchev–Trinajstić information content (AvgIpc) is 3.45. The number of aromatic nitrogens is 1. The van der Waals surface area contributed by atoms with E-state index in [9.17, 15) is 9.90 Å². The third-order valence-electron chi connectivity index (χ3n) is 6.83. The van der Waals surface area contributed by atoms with Crippen LogP contribution in [0.2, 0.25) is 0 Å². The van der Waals surface area contributed by atoms with Crippen molar-refractivity contribution < 1.29 is 9.90 Å². The Kier molecular flexibility index (Phi) is 5.28. The van der Waals surface area contributed by atoms with E-state index < -0.39 is 0 Å². The number of aromatic hydroxyl groups is 1. The molecule has 1 aliphatic heterocycles. The third-order valence-corrected chi connectivity index (χ3v) is 8.27. The summed E-state index contributed by atoms with van der Waals surface area (Å²) in [4.78, 5) is 20.3. The lowest BCUT2D eigenvalue weighted by Crippen LogP contribution is -2.30. The highest BCUT2D eigenvalue weighted by Crippen LogP contribution is 2.46. The van der Waals surface area contributed by atoms with Gasteiger partial charge in [-0.2, -0.15) is 0 Å². The molecule has 5 aromatic rings. The van der Waals surface area contributed by atoms with Crippen LogP contribution in [0.25, 0.3) is 31.6 Å². The summed E-state index contributed by atoms with van der Waals surface area (Å²) in [6.45, 7) is 4.58. The van der Waals surface area contributed by atoms with Crippen molar-refractivity contribution in [3.8, 4) is 16.3 Å². The molecule has 4 aromatic carbocycles. The normalized spacial score (nSPS) is 15.2. The van der Waals surface area contributed by atoms with E-state index in [1.165, 1.54) is 5.56 Å². The summed E-state index contributed by atoms with van der Waals surface area (Å²) in [6.07, 6.45) is 0. The van der Waals surface area contributed by atoms with Crippen molar-refractivity contribution in [3.05, 3.63) is 89.0 Å². The second-order valence-electron chi connectivity index (χ2n) is 9.16. The number of alkyl halides is 1. The molecular formula is C29H23ClN2O2S. The maximum Gasteiger partial charge on any atom is 0.258 e. The van der Waals surface area contributed by atoms with Crippen molar-refractivity contribution >= 4 is 55.5 Å². The molecule has 1 amide bonds. The minimum atomic E-state index is -0.0987. The number of fused-ring (bicyclic) bond motifs is 4. The summed E-state index contributed by atoms with van der Waals surface area (Å²) in [5, 5.41) is 13.5. The predicted octanol–water partition coefficient (Wildman–Crippen LogP) is 7.42. The Labute approximate surface area is 212 Å². The number of hydrogen-bond acceptors (Lipinski definition) is 4. The number of amides is 1. The van der Waals surface area contributed by atoms with Gasteiger partial charge in [0.2, 0.25) is 0 Å². The summed E-state index contributed by atoms with van der Waals surface area (Å²) in [7, 11) is 0. The van der Waals surface area contributed by atoms with Crippen LogP contribution in [0.1, 0.15) is 33.0 Å². The van der Waals surface area contributed by atoms with Crippen LogP contribution >= 0.6 is 22.9 Å². The standard InChI is InChI=1S/C29H23ClN2O2S/c1-16-6-8-18(9-7-16)28-31-22-11-10-19(12-25(22)35-28)29(34)32-15-20(14-30)27-23(32)13-24(33)21-5-3-4-17(2)26(21)27/h3-13,20,33H,14-15H2,1-2H3. The first kappa shape index (κ1) is 22.1. The van der Waals surface area contributed by atoms with Gasteiger partial charge in [0.05, 0.1) is 15.9 Å². The van der Waals surface area contributed by atoms with Crippen molar-refractivity contribution in [1.82, 2.24) is 4.98 Å². The minimum Gasteiger partial charge on any atom is -0.507 e. The lowest BCUT2D eigenvalue weighted by molar-refractivity contribution is 0.0988. The molecule has 0 saturated heterocycles. The van der Waals surface area contributed by atoms with Gasteiger partial charge >= 0.3 is 0 Å². The second-order valence-corrected chi connectivity index (χ2v) is 10.5. The molecule has 1 aliphatic rings. The average molecular weight is 499 g/mol. The van der Waals surface area contributed by atoms with Crippen molar-refractivity contribution in [2.75, 3.05) is 17.3 Å². The number of phenols is 1. The van der Waals surface area contributed by atoms with Crippen molar-refractivity contribution in [2.45, 2.75) is 19.8 Å². The number of thiazole rings is 1. The molecule has 2 heterocycles. The Morgan fingerprint density at radius 1 is 1.11 bits per heavy atom. The van der Waals surface area contributed by atoms with Crippen LogP contribution in [0.3, 0.4) is 0 Å². The first-order valence-corrected chi connectivity index (χ1v) is 12.9. The Bertz CT molecular complexity index is 1620.